The summed E-state index contributed by atoms with van der Waals surface area (Å²) in [5.41, 5.74) is 4.16. The van der Waals surface area contributed by atoms with Gasteiger partial charge in [-0.05, 0) is 49.9 Å². The van der Waals surface area contributed by atoms with Crippen LogP contribution in [0, 0.1) is 27.7 Å². The van der Waals surface area contributed by atoms with Crippen molar-refractivity contribution in [2.24, 2.45) is 0 Å². The number of benzene rings is 2. The summed E-state index contributed by atoms with van der Waals surface area (Å²) in [6, 6.07) is 11.9. The van der Waals surface area contributed by atoms with Crippen molar-refractivity contribution in [3.63, 3.8) is 0 Å². The fourth-order valence-electron chi connectivity index (χ4n) is 2.11. The monoisotopic (exact) mass is 286 g/mol. The number of aryl methyl sites for hydroxylation is 4. The van der Waals surface area contributed by atoms with Crippen LogP contribution in [0.25, 0.3) is 0 Å². The Hall–Kier alpha value is -1.87. The van der Waals surface area contributed by atoms with E-state index in [2.05, 4.69) is 0 Å². The van der Waals surface area contributed by atoms with Gasteiger partial charge in [-0.1, -0.05) is 36.4 Å². The zero-order valence-electron chi connectivity index (χ0n) is 12.2. The van der Waals surface area contributed by atoms with Crippen molar-refractivity contribution in [1.82, 2.24) is 0 Å². The Kier molecular flexibility index (Phi) is 4.40. The van der Waals surface area contributed by atoms with Gasteiger partial charge in [0.25, 0.3) is 0 Å². The maximum absolute atomic E-state index is 5.70. The van der Waals surface area contributed by atoms with Crippen LogP contribution >= 0.6 is 12.2 Å². The van der Waals surface area contributed by atoms with Gasteiger partial charge in [0.2, 0.25) is 0 Å². The molecule has 0 saturated carbocycles. The zero-order valence-corrected chi connectivity index (χ0v) is 13.0. The molecular weight excluding hydrogens is 268 g/mol. The van der Waals surface area contributed by atoms with E-state index in [0.717, 1.165) is 33.8 Å². The first kappa shape index (κ1) is 14.5. The summed E-state index contributed by atoms with van der Waals surface area (Å²) in [6.07, 6.45) is 0. The smallest absolute Gasteiger partial charge is 0.363 e. The largest absolute Gasteiger partial charge is 0.417 e. The third kappa shape index (κ3) is 3.17. The molecule has 0 bridgehead atoms. The SMILES string of the molecule is Cc1cccc(C)c1OC(=S)Oc1c(C)cccc1C. The van der Waals surface area contributed by atoms with Gasteiger partial charge in [0, 0.05) is 12.2 Å². The van der Waals surface area contributed by atoms with Gasteiger partial charge in [-0.25, -0.2) is 0 Å². The Morgan fingerprint density at radius 2 is 1.00 bits per heavy atom. The van der Waals surface area contributed by atoms with Crippen LogP contribution in [0.1, 0.15) is 22.3 Å². The van der Waals surface area contributed by atoms with Crippen LogP contribution in [-0.2, 0) is 0 Å². The zero-order chi connectivity index (χ0) is 14.7. The summed E-state index contributed by atoms with van der Waals surface area (Å²) in [5, 5.41) is 0.125. The van der Waals surface area contributed by atoms with Crippen LogP contribution in [-0.4, -0.2) is 5.24 Å². The van der Waals surface area contributed by atoms with E-state index in [0.29, 0.717) is 0 Å². The van der Waals surface area contributed by atoms with Crippen molar-refractivity contribution in [1.29, 1.82) is 0 Å². The van der Waals surface area contributed by atoms with Crippen LogP contribution in [0.5, 0.6) is 11.5 Å². The summed E-state index contributed by atoms with van der Waals surface area (Å²) >= 11 is 5.21. The first-order chi connectivity index (χ1) is 9.49. The Labute approximate surface area is 125 Å². The van der Waals surface area contributed by atoms with E-state index < -0.39 is 0 Å². The average Bonchev–Trinajstić information content (AvgIpc) is 2.39. The minimum absolute atomic E-state index is 0.125. The molecule has 0 aliphatic heterocycles. The molecule has 104 valence electrons. The number of thiocarbonyl (C=S) groups is 1. The molecule has 0 N–H and O–H groups in total. The normalized spacial score (nSPS) is 10.2. The number of hydrogen-bond acceptors (Lipinski definition) is 3. The highest BCUT2D eigenvalue weighted by molar-refractivity contribution is 7.79. The highest BCUT2D eigenvalue weighted by Gasteiger charge is 2.11. The lowest BCUT2D eigenvalue weighted by atomic mass is 10.1. The molecule has 20 heavy (non-hydrogen) atoms. The van der Waals surface area contributed by atoms with Gasteiger partial charge in [-0.2, -0.15) is 0 Å². The lowest BCUT2D eigenvalue weighted by molar-refractivity contribution is 0.397. The first-order valence-corrected chi connectivity index (χ1v) is 6.92. The highest BCUT2D eigenvalue weighted by Crippen LogP contribution is 2.26. The topological polar surface area (TPSA) is 18.5 Å². The van der Waals surface area contributed by atoms with Gasteiger partial charge >= 0.3 is 5.24 Å². The maximum Gasteiger partial charge on any atom is 0.363 e. The van der Waals surface area contributed by atoms with Crippen molar-refractivity contribution in [3.05, 3.63) is 58.7 Å². The number of hydrogen-bond donors (Lipinski definition) is 0. The molecular formula is C17H18O2S. The Morgan fingerprint density at radius 1 is 0.700 bits per heavy atom. The van der Waals surface area contributed by atoms with Gasteiger partial charge < -0.3 is 9.47 Å². The van der Waals surface area contributed by atoms with E-state index >= 15 is 0 Å². The predicted octanol–water partition coefficient (Wildman–Crippen LogP) is 4.66. The molecule has 0 radical (unpaired) electrons. The summed E-state index contributed by atoms with van der Waals surface area (Å²) in [6.45, 7) is 7.96. The molecule has 0 fully saturated rings. The third-order valence-corrected chi connectivity index (χ3v) is 3.35. The third-order valence-electron chi connectivity index (χ3n) is 3.19. The lowest BCUT2D eigenvalue weighted by Crippen LogP contribution is -2.15. The number of rotatable bonds is 2. The van der Waals surface area contributed by atoms with Crippen molar-refractivity contribution in [2.45, 2.75) is 27.7 Å². The van der Waals surface area contributed by atoms with Crippen molar-refractivity contribution < 1.29 is 9.47 Å². The maximum atomic E-state index is 5.70. The van der Waals surface area contributed by atoms with E-state index in [1.165, 1.54) is 0 Å². The second kappa shape index (κ2) is 6.06. The molecule has 0 saturated heterocycles. The second-order valence-corrected chi connectivity index (χ2v) is 5.23. The lowest BCUT2D eigenvalue weighted by Gasteiger charge is -2.14. The Balaban J connectivity index is 2.18. The summed E-state index contributed by atoms with van der Waals surface area (Å²) in [7, 11) is 0. The van der Waals surface area contributed by atoms with Gasteiger partial charge in [0.05, 0.1) is 0 Å². The summed E-state index contributed by atoms with van der Waals surface area (Å²) < 4.78 is 11.4. The average molecular weight is 286 g/mol. The van der Waals surface area contributed by atoms with Crippen LogP contribution in [0.15, 0.2) is 36.4 Å². The van der Waals surface area contributed by atoms with E-state index in [4.69, 9.17) is 21.7 Å². The molecule has 0 heterocycles. The minimum atomic E-state index is 0.125. The van der Waals surface area contributed by atoms with Crippen LogP contribution < -0.4 is 9.47 Å². The predicted molar refractivity (Wildman–Crippen MR) is 85.7 cm³/mol. The molecule has 0 unspecified atom stereocenters. The molecule has 0 atom stereocenters. The quantitative estimate of drug-likeness (QED) is 0.748. The summed E-state index contributed by atoms with van der Waals surface area (Å²) in [5.74, 6) is 1.53. The number of ether oxygens (including phenoxy) is 2. The second-order valence-electron chi connectivity index (χ2n) is 4.90. The Bertz CT molecular complexity index is 551. The van der Waals surface area contributed by atoms with Crippen molar-refractivity contribution >= 4 is 17.5 Å². The molecule has 2 nitrogen and oxygen atoms in total. The molecule has 0 aliphatic rings. The minimum Gasteiger partial charge on any atom is -0.417 e. The number of para-hydroxylation sites is 2. The standard InChI is InChI=1S/C17H18O2S/c1-11-7-5-8-12(2)15(11)18-17(20)19-16-13(3)9-6-10-14(16)4/h5-10H,1-4H3. The van der Waals surface area contributed by atoms with E-state index in [9.17, 15) is 0 Å². The van der Waals surface area contributed by atoms with Gasteiger partial charge in [0.1, 0.15) is 11.5 Å². The van der Waals surface area contributed by atoms with E-state index in [1.807, 2.05) is 64.1 Å². The highest BCUT2D eigenvalue weighted by atomic mass is 32.1. The molecule has 2 rings (SSSR count). The van der Waals surface area contributed by atoms with Crippen molar-refractivity contribution in [2.75, 3.05) is 0 Å². The van der Waals surface area contributed by atoms with E-state index in [1.54, 1.807) is 0 Å². The molecule has 0 aliphatic carbocycles. The van der Waals surface area contributed by atoms with E-state index in [-0.39, 0.29) is 5.24 Å². The van der Waals surface area contributed by atoms with Gasteiger partial charge in [0.15, 0.2) is 0 Å². The molecule has 0 spiro atoms. The fraction of sp³-hybridized carbons (Fsp3) is 0.235. The van der Waals surface area contributed by atoms with Gasteiger partial charge in [-0.15, -0.1) is 0 Å². The van der Waals surface area contributed by atoms with Crippen LogP contribution in [0.3, 0.4) is 0 Å². The summed E-state index contributed by atoms with van der Waals surface area (Å²) in [4.78, 5) is 0. The van der Waals surface area contributed by atoms with Crippen LogP contribution in [0.4, 0.5) is 0 Å². The molecule has 2 aromatic carbocycles. The Morgan fingerprint density at radius 3 is 1.30 bits per heavy atom. The first-order valence-electron chi connectivity index (χ1n) is 6.51. The molecule has 0 amide bonds. The molecule has 2 aromatic rings. The fourth-order valence-corrected chi connectivity index (χ4v) is 2.27. The van der Waals surface area contributed by atoms with Crippen LogP contribution in [0.2, 0.25) is 0 Å². The molecule has 0 aromatic heterocycles. The van der Waals surface area contributed by atoms with Gasteiger partial charge in [-0.3, -0.25) is 0 Å². The molecule has 3 heteroatoms. The van der Waals surface area contributed by atoms with Crippen molar-refractivity contribution in [3.8, 4) is 11.5 Å².